The molecule has 1 aromatic carbocycles. The molecule has 4 aromatic rings. The maximum absolute atomic E-state index is 14.9. The second-order valence-electron chi connectivity index (χ2n) is 17.4. The average Bonchev–Trinajstić information content (AvgIpc) is 3.61. The van der Waals surface area contributed by atoms with Crippen LogP contribution in [0.1, 0.15) is 79.0 Å². The normalized spacial score (nSPS) is 23.0. The molecule has 1 saturated heterocycles. The monoisotopic (exact) mass is 874 g/mol. The number of likely N-dealkylation sites (tertiary alicyclic amines) is 1. The van der Waals surface area contributed by atoms with Gasteiger partial charge < -0.3 is 40.0 Å². The van der Waals surface area contributed by atoms with E-state index in [-0.39, 0.29) is 43.5 Å². The molecule has 7 rings (SSSR count). The highest BCUT2D eigenvalue weighted by Crippen LogP contribution is 2.70. The Kier molecular flexibility index (Phi) is 12.8. The fourth-order valence-electron chi connectivity index (χ4n) is 8.14. The number of nitrogens with zero attached hydrogens (tertiary/aromatic N) is 5. The lowest BCUT2D eigenvalue weighted by molar-refractivity contribution is -0.142. The number of carbonyl (C=O) groups is 3. The van der Waals surface area contributed by atoms with E-state index < -0.39 is 60.1 Å². The van der Waals surface area contributed by atoms with Crippen LogP contribution in [0.4, 0.5) is 9.93 Å². The number of carbonyl (C=O) groups excluding carboxylic acids is 3. The summed E-state index contributed by atoms with van der Waals surface area (Å²) < 4.78 is 32.2. The van der Waals surface area contributed by atoms with E-state index in [2.05, 4.69) is 32.5 Å². The molecule has 4 heterocycles. The first-order valence-electron chi connectivity index (χ1n) is 20.7. The van der Waals surface area contributed by atoms with Gasteiger partial charge in [-0.2, -0.15) is 0 Å². The fourth-order valence-corrected chi connectivity index (χ4v) is 11.2. The Hall–Kier alpha value is -5.12. The summed E-state index contributed by atoms with van der Waals surface area (Å²) >= 11 is 1.46. The maximum atomic E-state index is 14.9. The summed E-state index contributed by atoms with van der Waals surface area (Å²) in [6, 6.07) is 6.78. The molecule has 4 N–H and O–H groups in total. The smallest absolute Gasteiger partial charge is 0.408 e. The molecule has 3 amide bonds. The molecule has 16 nitrogen and oxygen atoms in total. The minimum Gasteiger partial charge on any atom is -0.497 e. The van der Waals surface area contributed by atoms with Crippen LogP contribution in [-0.2, 0) is 25.1 Å². The number of alkyl carbamates (subject to hydrolysis) is 1. The lowest BCUT2D eigenvalue weighted by Crippen LogP contribution is -2.58. The van der Waals surface area contributed by atoms with Gasteiger partial charge in [0.05, 0.1) is 31.0 Å². The van der Waals surface area contributed by atoms with Crippen molar-refractivity contribution < 1.29 is 38.1 Å². The molecule has 1 aliphatic heterocycles. The molecular formula is C43H55N8O8PS. The topological polar surface area (TPSA) is 207 Å². The summed E-state index contributed by atoms with van der Waals surface area (Å²) in [6.45, 7) is 13.4. The zero-order valence-electron chi connectivity index (χ0n) is 35.4. The van der Waals surface area contributed by atoms with Crippen molar-refractivity contribution in [3.8, 4) is 22.9 Å². The molecule has 2 aliphatic carbocycles. The van der Waals surface area contributed by atoms with Crippen molar-refractivity contribution in [3.05, 3.63) is 66.6 Å². The van der Waals surface area contributed by atoms with Crippen LogP contribution in [0.25, 0.3) is 22.3 Å². The van der Waals surface area contributed by atoms with Crippen LogP contribution in [-0.4, -0.2) is 96.9 Å². The summed E-state index contributed by atoms with van der Waals surface area (Å²) in [5.41, 5.74) is 0.963. The summed E-state index contributed by atoms with van der Waals surface area (Å²) in [7, 11) is -2.63. The van der Waals surface area contributed by atoms with Crippen molar-refractivity contribution in [2.75, 3.05) is 19.0 Å². The third kappa shape index (κ3) is 9.68. The molecule has 3 fully saturated rings. The predicted molar refractivity (Wildman–Crippen MR) is 233 cm³/mol. The standard InChI is InChI=1S/C43H55N8O8PS/c1-8-26-21-43(26,60(55,56)23-36-44-16-11-17-45-36)50-38(52)34-19-29(22-51(34)39(53)37(42(4,5)6)49-41(54)59-27-12-9-10-13-27)58-35-20-32(33-24-61-40(48-33)46-25(2)3)47-31-18-28(57-7)14-15-30(31)35/h8,11,14-18,20,24-27,29,34,37H,1,9-10,12-13,19,21-23H2,2-7H3,(H,46,48)(H,49,54)(H,50,52)(H,55,56)/t26-,29-,34+,37?,43+/m1/s1. The number of rotatable bonds is 15. The Balaban J connectivity index is 1.22. The van der Waals surface area contributed by atoms with Crippen molar-refractivity contribution in [1.29, 1.82) is 0 Å². The van der Waals surface area contributed by atoms with E-state index in [1.54, 1.807) is 37.5 Å². The zero-order valence-corrected chi connectivity index (χ0v) is 37.1. The number of aromatic nitrogens is 4. The van der Waals surface area contributed by atoms with Crippen LogP contribution >= 0.6 is 18.7 Å². The van der Waals surface area contributed by atoms with E-state index in [0.717, 1.165) is 30.8 Å². The number of nitrogens with one attached hydrogen (secondary N) is 3. The molecule has 326 valence electrons. The van der Waals surface area contributed by atoms with Gasteiger partial charge in [0.1, 0.15) is 52.6 Å². The van der Waals surface area contributed by atoms with Gasteiger partial charge in [-0.05, 0) is 69.6 Å². The second-order valence-corrected chi connectivity index (χ2v) is 20.8. The lowest BCUT2D eigenvalue weighted by Gasteiger charge is -2.35. The summed E-state index contributed by atoms with van der Waals surface area (Å²) in [5.74, 6) is -0.453. The fraction of sp³-hybridized carbons (Fsp3) is 0.512. The maximum Gasteiger partial charge on any atom is 0.408 e. The van der Waals surface area contributed by atoms with Crippen LogP contribution < -0.4 is 25.4 Å². The number of hydrogen-bond acceptors (Lipinski definition) is 13. The van der Waals surface area contributed by atoms with Gasteiger partial charge in [0.25, 0.3) is 0 Å². The number of ether oxygens (including phenoxy) is 3. The molecule has 0 spiro atoms. The van der Waals surface area contributed by atoms with Gasteiger partial charge in [0, 0.05) is 53.7 Å². The van der Waals surface area contributed by atoms with Crippen molar-refractivity contribution >= 4 is 52.6 Å². The Morgan fingerprint density at radius 2 is 1.84 bits per heavy atom. The number of methoxy groups -OCH3 is 1. The first kappa shape index (κ1) is 44.0. The van der Waals surface area contributed by atoms with Gasteiger partial charge in [-0.1, -0.05) is 26.8 Å². The van der Waals surface area contributed by atoms with Crippen molar-refractivity contribution in [3.63, 3.8) is 0 Å². The number of benzene rings is 1. The van der Waals surface area contributed by atoms with Crippen molar-refractivity contribution in [2.45, 2.75) is 115 Å². The Morgan fingerprint density at radius 3 is 2.49 bits per heavy atom. The number of hydrogen-bond donors (Lipinski definition) is 4. The first-order chi connectivity index (χ1) is 29.0. The van der Waals surface area contributed by atoms with E-state index in [0.29, 0.717) is 33.8 Å². The summed E-state index contributed by atoms with van der Waals surface area (Å²) in [6.07, 6.45) is 6.12. The van der Waals surface area contributed by atoms with E-state index in [1.807, 2.05) is 46.1 Å². The van der Waals surface area contributed by atoms with Crippen molar-refractivity contribution in [2.24, 2.45) is 11.3 Å². The van der Waals surface area contributed by atoms with Gasteiger partial charge in [0.15, 0.2) is 5.13 Å². The van der Waals surface area contributed by atoms with Crippen LogP contribution in [0.5, 0.6) is 11.5 Å². The zero-order chi connectivity index (χ0) is 43.7. The highest BCUT2D eigenvalue weighted by atomic mass is 32.1. The molecule has 6 atom stereocenters. The second kappa shape index (κ2) is 17.7. The summed E-state index contributed by atoms with van der Waals surface area (Å²) in [4.78, 5) is 73.8. The molecule has 0 bridgehead atoms. The van der Waals surface area contributed by atoms with Gasteiger partial charge in [0.2, 0.25) is 19.2 Å². The minimum absolute atomic E-state index is 0.0295. The molecule has 2 saturated carbocycles. The third-order valence-corrected chi connectivity index (χ3v) is 14.8. The number of thiazole rings is 1. The van der Waals surface area contributed by atoms with Gasteiger partial charge >= 0.3 is 6.09 Å². The number of fused-ring (bicyclic) bond motifs is 1. The highest BCUT2D eigenvalue weighted by molar-refractivity contribution is 7.59. The molecule has 0 radical (unpaired) electrons. The van der Waals surface area contributed by atoms with Gasteiger partial charge in [-0.25, -0.2) is 24.7 Å². The van der Waals surface area contributed by atoms with Crippen LogP contribution in [0.2, 0.25) is 0 Å². The highest BCUT2D eigenvalue weighted by Gasteiger charge is 2.66. The number of amides is 3. The Labute approximate surface area is 359 Å². The van der Waals surface area contributed by atoms with Gasteiger partial charge in [-0.15, -0.1) is 17.9 Å². The lowest BCUT2D eigenvalue weighted by atomic mass is 9.85. The van der Waals surface area contributed by atoms with Crippen LogP contribution in [0, 0.1) is 11.3 Å². The molecule has 61 heavy (non-hydrogen) atoms. The summed E-state index contributed by atoms with van der Waals surface area (Å²) in [5, 5.41) is 10.8. The molecular weight excluding hydrogens is 820 g/mol. The Bertz CT molecular complexity index is 2320. The van der Waals surface area contributed by atoms with Gasteiger partial charge in [-0.3, -0.25) is 14.2 Å². The van der Waals surface area contributed by atoms with Crippen LogP contribution in [0.3, 0.4) is 0 Å². The first-order valence-corrected chi connectivity index (χ1v) is 23.4. The molecule has 3 aliphatic rings. The largest absolute Gasteiger partial charge is 0.497 e. The SMILES string of the molecule is C=C[C@@H]1C[C@]1(NC(=O)[C@@H]1C[C@@H](Oc2cc(-c3csc(NC(C)C)n3)nc3cc(OC)ccc23)CN1C(=O)C(NC(=O)OC1CCCC1)C(C)(C)C)P(=O)(O)Cc1ncccn1. The van der Waals surface area contributed by atoms with E-state index in [1.165, 1.54) is 28.6 Å². The Morgan fingerprint density at radius 1 is 1.10 bits per heavy atom. The number of pyridine rings is 1. The average molecular weight is 875 g/mol. The van der Waals surface area contributed by atoms with E-state index >= 15 is 0 Å². The van der Waals surface area contributed by atoms with Crippen LogP contribution in [0.15, 0.2) is 60.8 Å². The van der Waals surface area contributed by atoms with E-state index in [9.17, 15) is 23.8 Å². The number of anilines is 1. The van der Waals surface area contributed by atoms with Crippen molar-refractivity contribution in [1.82, 2.24) is 35.5 Å². The quantitative estimate of drug-likeness (QED) is 0.0710. The molecule has 18 heteroatoms. The van der Waals surface area contributed by atoms with E-state index in [4.69, 9.17) is 24.2 Å². The molecule has 3 aromatic heterocycles. The predicted octanol–water partition coefficient (Wildman–Crippen LogP) is 6.90. The molecule has 2 unspecified atom stereocenters. The third-order valence-electron chi connectivity index (χ3n) is 11.5. The minimum atomic E-state index is -4.20.